The number of aliphatic imine (C=N–C) groups is 1. The van der Waals surface area contributed by atoms with E-state index < -0.39 is 0 Å². The lowest BCUT2D eigenvalue weighted by Gasteiger charge is -2.31. The summed E-state index contributed by atoms with van der Waals surface area (Å²) in [4.78, 5) is 6.86. The summed E-state index contributed by atoms with van der Waals surface area (Å²) in [7, 11) is 2.09. The van der Waals surface area contributed by atoms with Crippen LogP contribution in [0.3, 0.4) is 0 Å². The van der Waals surface area contributed by atoms with Crippen molar-refractivity contribution in [2.24, 2.45) is 4.99 Å². The van der Waals surface area contributed by atoms with Crippen molar-refractivity contribution in [1.29, 1.82) is 0 Å². The lowest BCUT2D eigenvalue weighted by molar-refractivity contribution is 0.429. The molecule has 0 saturated heterocycles. The second kappa shape index (κ2) is 3.28. The van der Waals surface area contributed by atoms with Gasteiger partial charge in [-0.15, -0.1) is 0 Å². The van der Waals surface area contributed by atoms with E-state index in [4.69, 9.17) is 0 Å². The molecule has 1 aromatic carbocycles. The van der Waals surface area contributed by atoms with Crippen molar-refractivity contribution in [3.05, 3.63) is 29.5 Å². The predicted octanol–water partition coefficient (Wildman–Crippen LogP) is 1.59. The zero-order chi connectivity index (χ0) is 12.3. The number of phenols is 1. The first-order valence-corrected chi connectivity index (χ1v) is 6.36. The van der Waals surface area contributed by atoms with Gasteiger partial charge in [-0.05, 0) is 18.1 Å². The van der Waals surface area contributed by atoms with Crippen LogP contribution < -0.4 is 0 Å². The quantitative estimate of drug-likeness (QED) is 0.761. The molecule has 1 N–H and O–H groups in total. The monoisotopic (exact) mass is 241 g/mol. The fourth-order valence-corrected chi connectivity index (χ4v) is 3.20. The van der Waals surface area contributed by atoms with Crippen LogP contribution in [0.4, 0.5) is 0 Å². The second-order valence-corrected chi connectivity index (χ2v) is 5.03. The Morgan fingerprint density at radius 3 is 3.06 bits per heavy atom. The average Bonchev–Trinajstić information content (AvgIpc) is 2.72. The van der Waals surface area contributed by atoms with E-state index in [0.717, 1.165) is 37.4 Å². The first kappa shape index (κ1) is 10.00. The van der Waals surface area contributed by atoms with Crippen LogP contribution >= 0.6 is 0 Å². The molecule has 0 atom stereocenters. The highest BCUT2D eigenvalue weighted by Gasteiger charge is 2.29. The molecule has 0 aliphatic carbocycles. The molecule has 92 valence electrons. The van der Waals surface area contributed by atoms with Crippen molar-refractivity contribution in [3.8, 4) is 5.75 Å². The number of hydrogen-bond donors (Lipinski definition) is 1. The summed E-state index contributed by atoms with van der Waals surface area (Å²) in [6.07, 6.45) is 0.972. The van der Waals surface area contributed by atoms with Crippen molar-refractivity contribution >= 4 is 16.7 Å². The minimum absolute atomic E-state index is 0.380. The van der Waals surface area contributed by atoms with Gasteiger partial charge in [0, 0.05) is 32.1 Å². The predicted molar refractivity (Wildman–Crippen MR) is 71.3 cm³/mol. The maximum Gasteiger partial charge on any atom is 0.148 e. The van der Waals surface area contributed by atoms with Gasteiger partial charge in [0.05, 0.1) is 11.2 Å². The Morgan fingerprint density at radius 1 is 1.28 bits per heavy atom. The molecule has 18 heavy (non-hydrogen) atoms. The van der Waals surface area contributed by atoms with Gasteiger partial charge in [0.1, 0.15) is 11.6 Å². The molecular weight excluding hydrogens is 226 g/mol. The van der Waals surface area contributed by atoms with Gasteiger partial charge in [-0.1, -0.05) is 12.1 Å². The van der Waals surface area contributed by atoms with Gasteiger partial charge in [0.25, 0.3) is 0 Å². The highest BCUT2D eigenvalue weighted by Crippen LogP contribution is 2.36. The number of nitrogens with zero attached hydrogens (tertiary/aromatic N) is 3. The molecule has 4 heteroatoms. The number of aromatic hydroxyl groups is 1. The number of benzene rings is 1. The Bertz CT molecular complexity index is 684. The van der Waals surface area contributed by atoms with Crippen LogP contribution in [0, 0.1) is 0 Å². The molecule has 4 rings (SSSR count). The van der Waals surface area contributed by atoms with E-state index in [1.54, 1.807) is 6.07 Å². The van der Waals surface area contributed by atoms with Crippen LogP contribution in [-0.2, 0) is 13.0 Å². The SMILES string of the molecule is CN1CCn2c3c(c4cccc(O)c42)CCN=C31. The van der Waals surface area contributed by atoms with E-state index >= 15 is 0 Å². The Kier molecular flexibility index (Phi) is 1.82. The minimum atomic E-state index is 0.380. The van der Waals surface area contributed by atoms with E-state index in [0.29, 0.717) is 5.75 Å². The lowest BCUT2D eigenvalue weighted by Crippen LogP contribution is -2.39. The van der Waals surface area contributed by atoms with Gasteiger partial charge in [0.15, 0.2) is 0 Å². The highest BCUT2D eigenvalue weighted by molar-refractivity contribution is 6.07. The third-order valence-electron chi connectivity index (χ3n) is 4.02. The van der Waals surface area contributed by atoms with Crippen molar-refractivity contribution in [3.63, 3.8) is 0 Å². The van der Waals surface area contributed by atoms with Crippen LogP contribution in [0.2, 0.25) is 0 Å². The zero-order valence-electron chi connectivity index (χ0n) is 10.3. The van der Waals surface area contributed by atoms with E-state index in [1.165, 1.54) is 16.6 Å². The summed E-state index contributed by atoms with van der Waals surface area (Å²) >= 11 is 0. The van der Waals surface area contributed by atoms with E-state index in [2.05, 4.69) is 27.6 Å². The fourth-order valence-electron chi connectivity index (χ4n) is 3.20. The Morgan fingerprint density at radius 2 is 2.17 bits per heavy atom. The molecule has 1 aromatic heterocycles. The molecule has 0 spiro atoms. The second-order valence-electron chi connectivity index (χ2n) is 5.03. The first-order valence-electron chi connectivity index (χ1n) is 6.36. The fraction of sp³-hybridized carbons (Fsp3) is 0.357. The third kappa shape index (κ3) is 1.08. The van der Waals surface area contributed by atoms with Crippen LogP contribution in [-0.4, -0.2) is 40.5 Å². The van der Waals surface area contributed by atoms with Crippen LogP contribution in [0.1, 0.15) is 11.3 Å². The maximum absolute atomic E-state index is 10.1. The molecule has 2 aliphatic heterocycles. The molecule has 2 aromatic rings. The molecule has 0 bridgehead atoms. The number of hydrogen-bond acceptors (Lipinski definition) is 3. The zero-order valence-corrected chi connectivity index (χ0v) is 10.3. The summed E-state index contributed by atoms with van der Waals surface area (Å²) in [5, 5.41) is 11.3. The Hall–Kier alpha value is -1.97. The summed E-state index contributed by atoms with van der Waals surface area (Å²) in [5.74, 6) is 1.46. The molecule has 0 saturated carbocycles. The van der Waals surface area contributed by atoms with E-state index in [-0.39, 0.29) is 0 Å². The van der Waals surface area contributed by atoms with Crippen molar-refractivity contribution < 1.29 is 5.11 Å². The summed E-state index contributed by atoms with van der Waals surface area (Å²) in [5.41, 5.74) is 3.54. The topological polar surface area (TPSA) is 40.8 Å². The molecular formula is C14H15N3O. The highest BCUT2D eigenvalue weighted by atomic mass is 16.3. The summed E-state index contributed by atoms with van der Waals surface area (Å²) in [6.45, 7) is 2.71. The van der Waals surface area contributed by atoms with Crippen molar-refractivity contribution in [2.75, 3.05) is 20.1 Å². The first-order chi connectivity index (χ1) is 8.77. The van der Waals surface area contributed by atoms with Gasteiger partial charge >= 0.3 is 0 Å². The number of amidine groups is 1. The van der Waals surface area contributed by atoms with Gasteiger partial charge in [-0.3, -0.25) is 4.99 Å². The third-order valence-corrected chi connectivity index (χ3v) is 4.02. The van der Waals surface area contributed by atoms with E-state index in [1.807, 2.05) is 6.07 Å². The lowest BCUT2D eigenvalue weighted by atomic mass is 10.0. The molecule has 2 aliphatic rings. The molecule has 4 nitrogen and oxygen atoms in total. The molecule has 3 heterocycles. The largest absolute Gasteiger partial charge is 0.506 e. The Labute approximate surface area is 105 Å². The summed E-state index contributed by atoms with van der Waals surface area (Å²) < 4.78 is 2.23. The van der Waals surface area contributed by atoms with Crippen molar-refractivity contribution in [1.82, 2.24) is 9.47 Å². The smallest absolute Gasteiger partial charge is 0.148 e. The number of phenolic OH excluding ortho intramolecular Hbond substituents is 1. The van der Waals surface area contributed by atoms with Gasteiger partial charge < -0.3 is 14.6 Å². The Balaban J connectivity index is 2.17. The van der Waals surface area contributed by atoms with Crippen LogP contribution in [0.25, 0.3) is 10.9 Å². The van der Waals surface area contributed by atoms with Gasteiger partial charge in [0.2, 0.25) is 0 Å². The average molecular weight is 241 g/mol. The van der Waals surface area contributed by atoms with Crippen LogP contribution in [0.15, 0.2) is 23.2 Å². The van der Waals surface area contributed by atoms with E-state index in [9.17, 15) is 5.11 Å². The van der Waals surface area contributed by atoms with Gasteiger partial charge in [-0.25, -0.2) is 0 Å². The molecule has 0 fully saturated rings. The normalized spacial score (nSPS) is 17.8. The number of aromatic nitrogens is 1. The van der Waals surface area contributed by atoms with Gasteiger partial charge in [-0.2, -0.15) is 0 Å². The standard InChI is InChI=1S/C14H15N3O/c1-16-7-8-17-12-9(3-2-4-11(12)18)10-5-6-15-14(16)13(10)17/h2-4,18H,5-8H2,1H3. The maximum atomic E-state index is 10.1. The number of likely N-dealkylation sites (N-methyl/N-ethyl adjacent to an activating group) is 1. The number of rotatable bonds is 0. The molecule has 0 unspecified atom stereocenters. The minimum Gasteiger partial charge on any atom is -0.506 e. The molecule has 0 amide bonds. The number of fused-ring (bicyclic) bond motifs is 3. The summed E-state index contributed by atoms with van der Waals surface area (Å²) in [6, 6.07) is 5.81. The molecule has 0 radical (unpaired) electrons. The number of para-hydroxylation sites is 1. The van der Waals surface area contributed by atoms with Crippen LogP contribution in [0.5, 0.6) is 5.75 Å². The van der Waals surface area contributed by atoms with Crippen molar-refractivity contribution in [2.45, 2.75) is 13.0 Å².